The molecule has 2 aliphatic heterocycles. The first-order valence-electron chi connectivity index (χ1n) is 8.67. The number of hydrogen-bond acceptors (Lipinski definition) is 8. The average molecular weight is 382 g/mol. The van der Waals surface area contributed by atoms with Crippen molar-refractivity contribution in [2.45, 2.75) is 49.5 Å². The molecule has 0 spiro atoms. The van der Waals surface area contributed by atoms with Crippen LogP contribution < -0.4 is 0 Å². The lowest BCUT2D eigenvalue weighted by Gasteiger charge is -2.10. The Morgan fingerprint density at radius 2 is 1.54 bits per heavy atom. The number of ether oxygens (including phenoxy) is 2. The minimum Gasteiger partial charge on any atom is -0.457 e. The molecule has 7 nitrogen and oxygen atoms in total. The molecule has 0 aliphatic carbocycles. The molecule has 2 fully saturated rings. The van der Waals surface area contributed by atoms with E-state index in [2.05, 4.69) is 0 Å². The van der Waals surface area contributed by atoms with Crippen molar-refractivity contribution in [2.75, 3.05) is 13.2 Å². The second-order valence-electron chi connectivity index (χ2n) is 6.70. The van der Waals surface area contributed by atoms with Crippen molar-refractivity contribution in [1.82, 2.24) is 0 Å². The normalized spacial score (nSPS) is 34.6. The summed E-state index contributed by atoms with van der Waals surface area (Å²) in [5.74, 6) is 1.32. The topological polar surface area (TPSA) is 113 Å². The van der Waals surface area contributed by atoms with Gasteiger partial charge in [0.1, 0.15) is 29.8 Å². The van der Waals surface area contributed by atoms with Gasteiger partial charge in [-0.05, 0) is 24.3 Å². The fraction of sp³-hybridized carbons (Fsp3) is 0.556. The Bertz CT molecular complexity index is 679. The van der Waals surface area contributed by atoms with Crippen molar-refractivity contribution in [3.63, 3.8) is 0 Å². The van der Waals surface area contributed by atoms with Gasteiger partial charge >= 0.3 is 0 Å². The summed E-state index contributed by atoms with van der Waals surface area (Å²) in [5.41, 5.74) is 0. The first-order valence-corrected chi connectivity index (χ1v) is 9.49. The van der Waals surface area contributed by atoms with Crippen LogP contribution in [0.5, 0.6) is 0 Å². The first kappa shape index (κ1) is 18.1. The predicted octanol–water partition coefficient (Wildman–Crippen LogP) is 1.37. The fourth-order valence-corrected chi connectivity index (χ4v) is 4.49. The second kappa shape index (κ2) is 7.40. The number of thiophene rings is 1. The van der Waals surface area contributed by atoms with Crippen LogP contribution in [-0.4, -0.2) is 58.1 Å². The highest BCUT2D eigenvalue weighted by Gasteiger charge is 2.37. The lowest BCUT2D eigenvalue weighted by molar-refractivity contribution is -0.0275. The summed E-state index contributed by atoms with van der Waals surface area (Å²) >= 11 is 1.52. The number of aliphatic hydroxyl groups excluding tert-OH is 4. The van der Waals surface area contributed by atoms with Crippen LogP contribution >= 0.6 is 11.3 Å². The summed E-state index contributed by atoms with van der Waals surface area (Å²) in [5, 5.41) is 38.1. The standard InChI is InChI=1S/C18H22O7S/c19-7-15-9(21)5-13(24-15)11-1-2-12(23-11)17-3-4-18(26-17)14-6-10(22)16(8-20)25-14/h1-4,9-10,13-16,19-22H,5-8H2/t9-,10-,13+,14+,15+,16?/m0/s1. The highest BCUT2D eigenvalue weighted by molar-refractivity contribution is 7.15. The molecular formula is C18H22O7S. The smallest absolute Gasteiger partial charge is 0.144 e. The summed E-state index contributed by atoms with van der Waals surface area (Å²) < 4.78 is 17.2. The van der Waals surface area contributed by atoms with E-state index in [1.807, 2.05) is 24.3 Å². The van der Waals surface area contributed by atoms with Gasteiger partial charge in [-0.3, -0.25) is 0 Å². The van der Waals surface area contributed by atoms with Crippen molar-refractivity contribution in [2.24, 2.45) is 0 Å². The molecule has 2 aromatic rings. The first-order chi connectivity index (χ1) is 12.6. The zero-order chi connectivity index (χ0) is 18.3. The molecule has 26 heavy (non-hydrogen) atoms. The summed E-state index contributed by atoms with van der Waals surface area (Å²) in [6, 6.07) is 7.56. The van der Waals surface area contributed by atoms with Crippen LogP contribution in [0.25, 0.3) is 10.6 Å². The van der Waals surface area contributed by atoms with Crippen LogP contribution in [-0.2, 0) is 9.47 Å². The molecule has 0 saturated carbocycles. The lowest BCUT2D eigenvalue weighted by atomic mass is 10.1. The Morgan fingerprint density at radius 1 is 0.885 bits per heavy atom. The summed E-state index contributed by atoms with van der Waals surface area (Å²) in [4.78, 5) is 1.90. The van der Waals surface area contributed by atoms with Crippen LogP contribution in [0.2, 0.25) is 0 Å². The van der Waals surface area contributed by atoms with Crippen molar-refractivity contribution in [3.8, 4) is 10.6 Å². The molecule has 2 saturated heterocycles. The Kier molecular flexibility index (Phi) is 5.15. The fourth-order valence-electron chi connectivity index (χ4n) is 3.47. The van der Waals surface area contributed by atoms with Gasteiger partial charge in [-0.15, -0.1) is 11.3 Å². The molecule has 0 aromatic carbocycles. The number of rotatable bonds is 5. The molecule has 4 rings (SSSR count). The van der Waals surface area contributed by atoms with Crippen molar-refractivity contribution >= 4 is 11.3 Å². The van der Waals surface area contributed by atoms with Gasteiger partial charge in [-0.2, -0.15) is 0 Å². The van der Waals surface area contributed by atoms with Gasteiger partial charge in [0.05, 0.1) is 36.4 Å². The highest BCUT2D eigenvalue weighted by atomic mass is 32.1. The molecule has 2 aliphatic rings. The van der Waals surface area contributed by atoms with Crippen LogP contribution in [0.1, 0.15) is 35.7 Å². The van der Waals surface area contributed by atoms with Crippen molar-refractivity contribution in [1.29, 1.82) is 0 Å². The third-order valence-corrected chi connectivity index (χ3v) is 6.13. The van der Waals surface area contributed by atoms with Gasteiger partial charge in [0, 0.05) is 17.7 Å². The molecule has 1 unspecified atom stereocenters. The van der Waals surface area contributed by atoms with Gasteiger partial charge in [-0.25, -0.2) is 0 Å². The van der Waals surface area contributed by atoms with Crippen LogP contribution in [0.3, 0.4) is 0 Å². The Hall–Kier alpha value is -1.26. The van der Waals surface area contributed by atoms with Crippen LogP contribution in [0.15, 0.2) is 28.7 Å². The third kappa shape index (κ3) is 3.34. The predicted molar refractivity (Wildman–Crippen MR) is 92.7 cm³/mol. The molecular weight excluding hydrogens is 360 g/mol. The maximum absolute atomic E-state index is 9.88. The minimum absolute atomic E-state index is 0.195. The van der Waals surface area contributed by atoms with Gasteiger partial charge < -0.3 is 34.3 Å². The number of furan rings is 1. The summed E-state index contributed by atoms with van der Waals surface area (Å²) in [6.45, 7) is -0.416. The largest absolute Gasteiger partial charge is 0.457 e. The molecule has 0 amide bonds. The van der Waals surface area contributed by atoms with Crippen molar-refractivity contribution in [3.05, 3.63) is 34.9 Å². The maximum Gasteiger partial charge on any atom is 0.144 e. The Labute approximate surface area is 154 Å². The van der Waals surface area contributed by atoms with E-state index in [0.29, 0.717) is 24.4 Å². The van der Waals surface area contributed by atoms with E-state index in [0.717, 1.165) is 9.75 Å². The van der Waals surface area contributed by atoms with E-state index >= 15 is 0 Å². The zero-order valence-corrected chi connectivity index (χ0v) is 14.8. The summed E-state index contributed by atoms with van der Waals surface area (Å²) in [6.07, 6.45) is -2.20. The average Bonchev–Trinajstić information content (AvgIpc) is 3.39. The van der Waals surface area contributed by atoms with Crippen LogP contribution in [0, 0.1) is 0 Å². The molecule has 4 heterocycles. The third-order valence-electron chi connectivity index (χ3n) is 4.94. The van der Waals surface area contributed by atoms with Gasteiger partial charge in [0.25, 0.3) is 0 Å². The molecule has 2 aromatic heterocycles. The Balaban J connectivity index is 1.47. The minimum atomic E-state index is -0.697. The monoisotopic (exact) mass is 382 g/mol. The molecule has 6 atom stereocenters. The van der Waals surface area contributed by atoms with E-state index in [-0.39, 0.29) is 25.4 Å². The molecule has 142 valence electrons. The van der Waals surface area contributed by atoms with E-state index < -0.39 is 24.4 Å². The van der Waals surface area contributed by atoms with Crippen molar-refractivity contribution < 1.29 is 34.3 Å². The zero-order valence-electron chi connectivity index (χ0n) is 14.0. The van der Waals surface area contributed by atoms with E-state index in [1.54, 1.807) is 0 Å². The summed E-state index contributed by atoms with van der Waals surface area (Å²) in [7, 11) is 0. The highest BCUT2D eigenvalue weighted by Crippen LogP contribution is 2.41. The van der Waals surface area contributed by atoms with E-state index in [1.165, 1.54) is 11.3 Å². The molecule has 0 radical (unpaired) electrons. The molecule has 4 N–H and O–H groups in total. The second-order valence-corrected chi connectivity index (χ2v) is 7.82. The van der Waals surface area contributed by atoms with Gasteiger partial charge in [0.2, 0.25) is 0 Å². The number of aliphatic hydroxyl groups is 4. The van der Waals surface area contributed by atoms with Crippen LogP contribution in [0.4, 0.5) is 0 Å². The van der Waals surface area contributed by atoms with Gasteiger partial charge in [0.15, 0.2) is 0 Å². The Morgan fingerprint density at radius 3 is 2.19 bits per heavy atom. The quantitative estimate of drug-likeness (QED) is 0.618. The van der Waals surface area contributed by atoms with E-state index in [9.17, 15) is 20.4 Å². The number of hydrogen-bond donors (Lipinski definition) is 4. The maximum atomic E-state index is 9.88. The SMILES string of the molecule is OCC1O[C@@H](c2ccc(-c3ccc([C@H]4C[C@H](O)[C@@H](CO)O4)o3)s2)C[C@@H]1O. The van der Waals surface area contributed by atoms with E-state index in [4.69, 9.17) is 13.9 Å². The molecule has 0 bridgehead atoms. The van der Waals surface area contributed by atoms with Gasteiger partial charge in [-0.1, -0.05) is 0 Å². The lowest BCUT2D eigenvalue weighted by Crippen LogP contribution is -2.24. The molecule has 8 heteroatoms.